The van der Waals surface area contributed by atoms with Crippen LogP contribution in [0.3, 0.4) is 0 Å². The zero-order valence-corrected chi connectivity index (χ0v) is 10.9. The summed E-state index contributed by atoms with van der Waals surface area (Å²) in [5, 5.41) is 3.59. The lowest BCUT2D eigenvalue weighted by molar-refractivity contribution is 0.375. The topological polar surface area (TPSA) is 12.0 Å². The summed E-state index contributed by atoms with van der Waals surface area (Å²) in [7, 11) is 0. The minimum atomic E-state index is -0.149. The summed E-state index contributed by atoms with van der Waals surface area (Å²) in [5.41, 5.74) is 1.21. The van der Waals surface area contributed by atoms with E-state index in [1.54, 1.807) is 0 Å². The van der Waals surface area contributed by atoms with Crippen molar-refractivity contribution in [2.24, 2.45) is 0 Å². The third kappa shape index (κ3) is 5.05. The molecule has 0 aromatic heterocycles. The van der Waals surface area contributed by atoms with Crippen molar-refractivity contribution in [1.29, 1.82) is 0 Å². The summed E-state index contributed by atoms with van der Waals surface area (Å²) < 4.78 is 12.7. The van der Waals surface area contributed by atoms with Crippen molar-refractivity contribution in [2.75, 3.05) is 6.54 Å². The van der Waals surface area contributed by atoms with E-state index in [1.807, 2.05) is 12.1 Å². The van der Waals surface area contributed by atoms with Gasteiger partial charge in [0.05, 0.1) is 0 Å². The fraction of sp³-hybridized carbons (Fsp3) is 0.571. The minimum absolute atomic E-state index is 0. The molecule has 1 saturated carbocycles. The molecule has 1 aromatic carbocycles. The first kappa shape index (κ1) is 14.5. The number of nitrogens with one attached hydrogen (secondary N) is 1. The molecule has 0 heterocycles. The smallest absolute Gasteiger partial charge is 0.123 e. The maximum Gasteiger partial charge on any atom is 0.123 e. The van der Waals surface area contributed by atoms with Crippen molar-refractivity contribution in [1.82, 2.24) is 5.32 Å². The van der Waals surface area contributed by atoms with Crippen LogP contribution in [0.2, 0.25) is 0 Å². The van der Waals surface area contributed by atoms with Crippen LogP contribution in [0.5, 0.6) is 0 Å². The second kappa shape index (κ2) is 7.67. The van der Waals surface area contributed by atoms with E-state index in [9.17, 15) is 4.39 Å². The molecule has 1 nitrogen and oxygen atoms in total. The monoisotopic (exact) mass is 257 g/mol. The van der Waals surface area contributed by atoms with E-state index in [0.29, 0.717) is 6.04 Å². The van der Waals surface area contributed by atoms with Crippen molar-refractivity contribution in [3.63, 3.8) is 0 Å². The fourth-order valence-corrected chi connectivity index (χ4v) is 2.38. The highest BCUT2D eigenvalue weighted by Gasteiger charge is 2.11. The van der Waals surface area contributed by atoms with Crippen molar-refractivity contribution in [2.45, 2.75) is 44.6 Å². The molecule has 1 N–H and O–H groups in total. The first-order valence-electron chi connectivity index (χ1n) is 6.32. The Morgan fingerprint density at radius 2 is 1.71 bits per heavy atom. The average molecular weight is 258 g/mol. The van der Waals surface area contributed by atoms with Crippen LogP contribution in [0.25, 0.3) is 0 Å². The van der Waals surface area contributed by atoms with Crippen molar-refractivity contribution >= 4 is 12.4 Å². The number of hydrogen-bond donors (Lipinski definition) is 1. The maximum absolute atomic E-state index is 12.7. The summed E-state index contributed by atoms with van der Waals surface area (Å²) >= 11 is 0. The van der Waals surface area contributed by atoms with Crippen LogP contribution in [-0.4, -0.2) is 12.6 Å². The highest BCUT2D eigenvalue weighted by Crippen LogP contribution is 2.17. The molecular formula is C14H21ClFN. The summed E-state index contributed by atoms with van der Waals surface area (Å²) in [6, 6.07) is 7.54. The van der Waals surface area contributed by atoms with Gasteiger partial charge in [0.25, 0.3) is 0 Å². The third-order valence-electron chi connectivity index (χ3n) is 3.37. The SMILES string of the molecule is Cl.Fc1ccc(CCNC2CCCCC2)cc1. The molecule has 0 saturated heterocycles. The molecule has 0 amide bonds. The molecule has 1 fully saturated rings. The quantitative estimate of drug-likeness (QED) is 0.867. The summed E-state index contributed by atoms with van der Waals surface area (Å²) in [4.78, 5) is 0. The van der Waals surface area contributed by atoms with Gasteiger partial charge in [-0.25, -0.2) is 4.39 Å². The number of hydrogen-bond acceptors (Lipinski definition) is 1. The molecule has 17 heavy (non-hydrogen) atoms. The molecule has 0 unspecified atom stereocenters. The Morgan fingerprint density at radius 1 is 1.06 bits per heavy atom. The van der Waals surface area contributed by atoms with Gasteiger partial charge >= 0.3 is 0 Å². The van der Waals surface area contributed by atoms with E-state index in [0.717, 1.165) is 13.0 Å². The van der Waals surface area contributed by atoms with Crippen molar-refractivity contribution in [3.8, 4) is 0 Å². The molecule has 0 radical (unpaired) electrons. The second-order valence-corrected chi connectivity index (χ2v) is 4.67. The van der Waals surface area contributed by atoms with Gasteiger partial charge in [-0.15, -0.1) is 12.4 Å². The largest absolute Gasteiger partial charge is 0.314 e. The van der Waals surface area contributed by atoms with E-state index in [-0.39, 0.29) is 18.2 Å². The Labute approximate surface area is 109 Å². The molecule has 1 aliphatic carbocycles. The zero-order valence-electron chi connectivity index (χ0n) is 10.1. The van der Waals surface area contributed by atoms with Crippen LogP contribution in [0, 0.1) is 5.82 Å². The number of benzene rings is 1. The molecule has 3 heteroatoms. The van der Waals surface area contributed by atoms with E-state index < -0.39 is 0 Å². The molecule has 2 rings (SSSR count). The Morgan fingerprint density at radius 3 is 2.35 bits per heavy atom. The summed E-state index contributed by atoms with van der Waals surface area (Å²) in [6.07, 6.45) is 7.78. The fourth-order valence-electron chi connectivity index (χ4n) is 2.38. The van der Waals surface area contributed by atoms with E-state index in [4.69, 9.17) is 0 Å². The molecular weight excluding hydrogens is 237 g/mol. The van der Waals surface area contributed by atoms with Gasteiger partial charge in [-0.1, -0.05) is 31.4 Å². The van der Waals surface area contributed by atoms with Crippen LogP contribution in [0.15, 0.2) is 24.3 Å². The van der Waals surface area contributed by atoms with E-state index in [1.165, 1.54) is 49.8 Å². The summed E-state index contributed by atoms with van der Waals surface area (Å²) in [6.45, 7) is 1.01. The van der Waals surface area contributed by atoms with Crippen molar-refractivity contribution < 1.29 is 4.39 Å². The van der Waals surface area contributed by atoms with Crippen LogP contribution < -0.4 is 5.32 Å². The van der Waals surface area contributed by atoms with Crippen LogP contribution in [0.4, 0.5) is 4.39 Å². The average Bonchev–Trinajstić information content (AvgIpc) is 2.33. The Balaban J connectivity index is 0.00000144. The van der Waals surface area contributed by atoms with Gasteiger partial charge < -0.3 is 5.32 Å². The van der Waals surface area contributed by atoms with Gasteiger partial charge in [0, 0.05) is 6.04 Å². The molecule has 96 valence electrons. The first-order valence-corrected chi connectivity index (χ1v) is 6.32. The third-order valence-corrected chi connectivity index (χ3v) is 3.37. The van der Waals surface area contributed by atoms with Gasteiger partial charge in [0.1, 0.15) is 5.82 Å². The number of rotatable bonds is 4. The van der Waals surface area contributed by atoms with Crippen LogP contribution in [0.1, 0.15) is 37.7 Å². The molecule has 0 atom stereocenters. The Kier molecular flexibility index (Phi) is 6.53. The molecule has 0 spiro atoms. The van der Waals surface area contributed by atoms with Gasteiger partial charge in [-0.2, -0.15) is 0 Å². The lowest BCUT2D eigenvalue weighted by atomic mass is 9.95. The Bertz CT molecular complexity index is 307. The zero-order chi connectivity index (χ0) is 11.2. The minimum Gasteiger partial charge on any atom is -0.314 e. The van der Waals surface area contributed by atoms with E-state index in [2.05, 4.69) is 5.32 Å². The lowest BCUT2D eigenvalue weighted by Gasteiger charge is -2.22. The predicted molar refractivity (Wildman–Crippen MR) is 72.2 cm³/mol. The van der Waals surface area contributed by atoms with Crippen LogP contribution in [-0.2, 0) is 6.42 Å². The van der Waals surface area contributed by atoms with E-state index >= 15 is 0 Å². The normalized spacial score (nSPS) is 16.5. The molecule has 0 bridgehead atoms. The standard InChI is InChI=1S/C14H20FN.ClH/c15-13-8-6-12(7-9-13)10-11-16-14-4-2-1-3-5-14;/h6-9,14,16H,1-5,10-11H2;1H. The first-order chi connectivity index (χ1) is 7.84. The molecule has 1 aliphatic rings. The van der Waals surface area contributed by atoms with Gasteiger partial charge in [0.15, 0.2) is 0 Å². The molecule has 1 aromatic rings. The number of halogens is 2. The predicted octanol–water partition coefficient (Wildman–Crippen LogP) is 3.71. The highest BCUT2D eigenvalue weighted by atomic mass is 35.5. The van der Waals surface area contributed by atoms with Gasteiger partial charge in [-0.05, 0) is 43.5 Å². The maximum atomic E-state index is 12.7. The molecule has 0 aliphatic heterocycles. The highest BCUT2D eigenvalue weighted by molar-refractivity contribution is 5.85. The Hall–Kier alpha value is -0.600. The van der Waals surface area contributed by atoms with Crippen LogP contribution >= 0.6 is 12.4 Å². The second-order valence-electron chi connectivity index (χ2n) is 4.67. The lowest BCUT2D eigenvalue weighted by Crippen LogP contribution is -2.32. The van der Waals surface area contributed by atoms with Crippen molar-refractivity contribution in [3.05, 3.63) is 35.6 Å². The van der Waals surface area contributed by atoms with Gasteiger partial charge in [0.2, 0.25) is 0 Å². The van der Waals surface area contributed by atoms with Gasteiger partial charge in [-0.3, -0.25) is 0 Å². The summed E-state index contributed by atoms with van der Waals surface area (Å²) in [5.74, 6) is -0.149.